The summed E-state index contributed by atoms with van der Waals surface area (Å²) in [6, 6.07) is 7.35. The van der Waals surface area contributed by atoms with Gasteiger partial charge in [-0.1, -0.05) is 12.1 Å². The molecule has 0 fully saturated rings. The Bertz CT molecular complexity index is 345. The molecule has 102 valence electrons. The molecule has 5 heteroatoms. The van der Waals surface area contributed by atoms with Crippen LogP contribution in [0.2, 0.25) is 0 Å². The molecule has 0 saturated carbocycles. The molecule has 1 aromatic carbocycles. The van der Waals surface area contributed by atoms with E-state index in [-0.39, 0.29) is 11.8 Å². The van der Waals surface area contributed by atoms with Crippen molar-refractivity contribution < 1.29 is 13.5 Å². The standard InChI is InChI=1S/C13H19F2NOS/c1-9(8-18-3)16-10(2)11-4-6-12(7-5-11)17-13(14)15/h4-7,9-10,13,16H,8H2,1-3H3. The number of alkyl halides is 2. The number of hydrogen-bond donors (Lipinski definition) is 1. The van der Waals surface area contributed by atoms with Crippen molar-refractivity contribution in [3.05, 3.63) is 29.8 Å². The number of thioether (sulfide) groups is 1. The highest BCUT2D eigenvalue weighted by Crippen LogP contribution is 2.19. The van der Waals surface area contributed by atoms with Crippen LogP contribution in [-0.2, 0) is 0 Å². The first-order valence-corrected chi connectivity index (χ1v) is 7.22. The summed E-state index contributed by atoms with van der Waals surface area (Å²) in [7, 11) is 0. The highest BCUT2D eigenvalue weighted by Gasteiger charge is 2.10. The third-order valence-electron chi connectivity index (χ3n) is 2.56. The summed E-state index contributed by atoms with van der Waals surface area (Å²) >= 11 is 1.79. The molecule has 0 heterocycles. The van der Waals surface area contributed by atoms with Crippen LogP contribution in [0, 0.1) is 0 Å². The second kappa shape index (κ2) is 7.59. The Balaban J connectivity index is 2.55. The number of benzene rings is 1. The van der Waals surface area contributed by atoms with Gasteiger partial charge in [0.25, 0.3) is 0 Å². The molecule has 18 heavy (non-hydrogen) atoms. The molecular weight excluding hydrogens is 256 g/mol. The molecule has 1 rings (SSSR count). The van der Waals surface area contributed by atoms with Gasteiger partial charge in [0.05, 0.1) is 0 Å². The molecule has 0 aliphatic rings. The SMILES string of the molecule is CSCC(C)NC(C)c1ccc(OC(F)F)cc1. The Morgan fingerprint density at radius 1 is 1.22 bits per heavy atom. The lowest BCUT2D eigenvalue weighted by molar-refractivity contribution is -0.0498. The molecule has 2 atom stereocenters. The average Bonchev–Trinajstić information content (AvgIpc) is 2.29. The fourth-order valence-electron chi connectivity index (χ4n) is 1.76. The predicted molar refractivity (Wildman–Crippen MR) is 72.5 cm³/mol. The van der Waals surface area contributed by atoms with E-state index in [4.69, 9.17) is 0 Å². The first-order valence-electron chi connectivity index (χ1n) is 5.82. The zero-order chi connectivity index (χ0) is 13.5. The van der Waals surface area contributed by atoms with Gasteiger partial charge in [-0.15, -0.1) is 0 Å². The van der Waals surface area contributed by atoms with Crippen molar-refractivity contribution in [2.75, 3.05) is 12.0 Å². The van der Waals surface area contributed by atoms with E-state index in [0.29, 0.717) is 6.04 Å². The molecule has 1 aromatic rings. The summed E-state index contributed by atoms with van der Waals surface area (Å²) in [6.45, 7) is 1.41. The van der Waals surface area contributed by atoms with Crippen molar-refractivity contribution in [2.24, 2.45) is 0 Å². The van der Waals surface area contributed by atoms with Gasteiger partial charge in [-0.25, -0.2) is 0 Å². The molecule has 0 radical (unpaired) electrons. The van der Waals surface area contributed by atoms with Crippen LogP contribution in [0.1, 0.15) is 25.5 Å². The third-order valence-corrected chi connectivity index (χ3v) is 3.39. The van der Waals surface area contributed by atoms with Crippen molar-refractivity contribution in [1.29, 1.82) is 0 Å². The number of hydrogen-bond acceptors (Lipinski definition) is 3. The minimum absolute atomic E-state index is 0.188. The van der Waals surface area contributed by atoms with E-state index >= 15 is 0 Å². The molecule has 0 spiro atoms. The van der Waals surface area contributed by atoms with Crippen molar-refractivity contribution >= 4 is 11.8 Å². The molecule has 2 nitrogen and oxygen atoms in total. The van der Waals surface area contributed by atoms with Crippen LogP contribution in [-0.4, -0.2) is 24.7 Å². The Hall–Kier alpha value is -0.810. The summed E-state index contributed by atoms with van der Waals surface area (Å²) in [6.07, 6.45) is 2.07. The first kappa shape index (κ1) is 15.2. The lowest BCUT2D eigenvalue weighted by Crippen LogP contribution is -2.30. The number of nitrogens with one attached hydrogen (secondary N) is 1. The second-order valence-electron chi connectivity index (χ2n) is 4.19. The minimum atomic E-state index is -2.77. The van der Waals surface area contributed by atoms with Crippen LogP contribution < -0.4 is 10.1 Å². The van der Waals surface area contributed by atoms with Crippen molar-refractivity contribution in [2.45, 2.75) is 32.5 Å². The van der Waals surface area contributed by atoms with Crippen LogP contribution >= 0.6 is 11.8 Å². The Labute approximate surface area is 111 Å². The van der Waals surface area contributed by atoms with Gasteiger partial charge >= 0.3 is 6.61 Å². The monoisotopic (exact) mass is 275 g/mol. The van der Waals surface area contributed by atoms with E-state index in [1.165, 1.54) is 0 Å². The lowest BCUT2D eigenvalue weighted by atomic mass is 10.1. The second-order valence-corrected chi connectivity index (χ2v) is 5.10. The summed E-state index contributed by atoms with van der Waals surface area (Å²) in [4.78, 5) is 0. The fraction of sp³-hybridized carbons (Fsp3) is 0.538. The molecule has 0 saturated heterocycles. The van der Waals surface area contributed by atoms with Gasteiger partial charge in [-0.3, -0.25) is 0 Å². The van der Waals surface area contributed by atoms with Gasteiger partial charge < -0.3 is 10.1 Å². The third kappa shape index (κ3) is 5.23. The number of halogens is 2. The molecule has 2 unspecified atom stereocenters. The maximum absolute atomic E-state index is 12.0. The topological polar surface area (TPSA) is 21.3 Å². The van der Waals surface area contributed by atoms with Gasteiger partial charge in [0.1, 0.15) is 5.75 Å². The predicted octanol–water partition coefficient (Wildman–Crippen LogP) is 3.69. The maximum Gasteiger partial charge on any atom is 0.387 e. The minimum Gasteiger partial charge on any atom is -0.435 e. The normalized spacial score (nSPS) is 14.6. The summed E-state index contributed by atoms with van der Waals surface area (Å²) in [5.74, 6) is 1.23. The summed E-state index contributed by atoms with van der Waals surface area (Å²) in [5.41, 5.74) is 1.06. The Morgan fingerprint density at radius 3 is 2.33 bits per heavy atom. The van der Waals surface area contributed by atoms with Gasteiger partial charge in [0.2, 0.25) is 0 Å². The summed E-state index contributed by atoms with van der Waals surface area (Å²) < 4.78 is 28.3. The van der Waals surface area contributed by atoms with Crippen LogP contribution in [0.4, 0.5) is 8.78 Å². The Morgan fingerprint density at radius 2 is 1.83 bits per heavy atom. The number of ether oxygens (including phenoxy) is 1. The molecular formula is C13H19F2NOS. The van der Waals surface area contributed by atoms with Crippen LogP contribution in [0.5, 0.6) is 5.75 Å². The van der Waals surface area contributed by atoms with E-state index in [2.05, 4.69) is 30.2 Å². The summed E-state index contributed by atoms with van der Waals surface area (Å²) in [5, 5.41) is 3.45. The van der Waals surface area contributed by atoms with Crippen molar-refractivity contribution in [3.8, 4) is 5.75 Å². The average molecular weight is 275 g/mol. The molecule has 0 aliphatic carbocycles. The van der Waals surface area contributed by atoms with E-state index in [0.717, 1.165) is 11.3 Å². The van der Waals surface area contributed by atoms with Gasteiger partial charge in [-0.2, -0.15) is 20.5 Å². The fourth-order valence-corrected chi connectivity index (χ4v) is 2.36. The van der Waals surface area contributed by atoms with Gasteiger partial charge in [0.15, 0.2) is 0 Å². The van der Waals surface area contributed by atoms with Gasteiger partial charge in [-0.05, 0) is 37.8 Å². The van der Waals surface area contributed by atoms with E-state index in [1.807, 2.05) is 0 Å². The zero-order valence-corrected chi connectivity index (χ0v) is 11.6. The van der Waals surface area contributed by atoms with E-state index in [9.17, 15) is 8.78 Å². The van der Waals surface area contributed by atoms with E-state index in [1.54, 1.807) is 36.0 Å². The molecule has 0 aliphatic heterocycles. The highest BCUT2D eigenvalue weighted by atomic mass is 32.2. The molecule has 1 N–H and O–H groups in total. The highest BCUT2D eigenvalue weighted by molar-refractivity contribution is 7.98. The van der Waals surface area contributed by atoms with Crippen molar-refractivity contribution in [1.82, 2.24) is 5.32 Å². The molecule has 0 amide bonds. The zero-order valence-electron chi connectivity index (χ0n) is 10.8. The molecule has 0 bridgehead atoms. The maximum atomic E-state index is 12.0. The Kier molecular flexibility index (Phi) is 6.43. The van der Waals surface area contributed by atoms with E-state index < -0.39 is 6.61 Å². The quantitative estimate of drug-likeness (QED) is 0.820. The van der Waals surface area contributed by atoms with Crippen molar-refractivity contribution in [3.63, 3.8) is 0 Å². The smallest absolute Gasteiger partial charge is 0.387 e. The number of rotatable bonds is 7. The largest absolute Gasteiger partial charge is 0.435 e. The van der Waals surface area contributed by atoms with Crippen LogP contribution in [0.3, 0.4) is 0 Å². The van der Waals surface area contributed by atoms with Crippen LogP contribution in [0.25, 0.3) is 0 Å². The van der Waals surface area contributed by atoms with Crippen LogP contribution in [0.15, 0.2) is 24.3 Å². The van der Waals surface area contributed by atoms with Gasteiger partial charge in [0, 0.05) is 17.8 Å². The first-order chi connectivity index (χ1) is 8.52. The lowest BCUT2D eigenvalue weighted by Gasteiger charge is -2.20. The molecule has 0 aromatic heterocycles.